The number of nitrogens with one attached hydrogen (secondary N) is 3. The molecular formula is C21H21F3N6O2. The third kappa shape index (κ3) is 3.89. The maximum Gasteiger partial charge on any atom is 0.251 e. The Kier molecular flexibility index (Phi) is 5.43. The summed E-state index contributed by atoms with van der Waals surface area (Å²) in [5, 5.41) is 8.62. The van der Waals surface area contributed by atoms with Crippen LogP contribution in [0.2, 0.25) is 0 Å². The van der Waals surface area contributed by atoms with Gasteiger partial charge in [0.2, 0.25) is 0 Å². The maximum absolute atomic E-state index is 14.6. The van der Waals surface area contributed by atoms with E-state index >= 15 is 0 Å². The van der Waals surface area contributed by atoms with Crippen molar-refractivity contribution in [2.24, 2.45) is 0 Å². The highest BCUT2D eigenvalue weighted by atomic mass is 19.1. The Morgan fingerprint density at radius 2 is 2.09 bits per heavy atom. The Labute approximate surface area is 181 Å². The molecule has 1 amide bonds. The third-order valence-corrected chi connectivity index (χ3v) is 5.64. The number of halogens is 3. The van der Waals surface area contributed by atoms with Gasteiger partial charge in [0.15, 0.2) is 17.5 Å². The number of hydrogen-bond donors (Lipinski definition) is 3. The van der Waals surface area contributed by atoms with Crippen LogP contribution in [0.5, 0.6) is 0 Å². The lowest BCUT2D eigenvalue weighted by Crippen LogP contribution is -2.48. The van der Waals surface area contributed by atoms with Gasteiger partial charge in [-0.05, 0) is 25.1 Å². The van der Waals surface area contributed by atoms with Crippen LogP contribution in [0.15, 0.2) is 30.6 Å². The second kappa shape index (κ2) is 8.40. The van der Waals surface area contributed by atoms with Crippen LogP contribution in [0.4, 0.5) is 19.0 Å². The molecule has 3 aromatic rings. The Morgan fingerprint density at radius 3 is 2.84 bits per heavy atom. The molecule has 3 N–H and O–H groups in total. The average Bonchev–Trinajstić information content (AvgIpc) is 3.17. The van der Waals surface area contributed by atoms with E-state index in [4.69, 9.17) is 4.74 Å². The van der Waals surface area contributed by atoms with Gasteiger partial charge in [0.05, 0.1) is 37.2 Å². The molecule has 2 atom stereocenters. The predicted molar refractivity (Wildman–Crippen MR) is 110 cm³/mol. The van der Waals surface area contributed by atoms with E-state index in [9.17, 15) is 18.0 Å². The fourth-order valence-corrected chi connectivity index (χ4v) is 3.78. The first kappa shape index (κ1) is 20.7. The van der Waals surface area contributed by atoms with E-state index in [-0.39, 0.29) is 29.2 Å². The van der Waals surface area contributed by atoms with Crippen LogP contribution in [0.3, 0.4) is 0 Å². The Bertz CT molecular complexity index is 1170. The molecule has 0 aromatic carbocycles. The number of ether oxygens (including phenoxy) is 1. The highest BCUT2D eigenvalue weighted by molar-refractivity contribution is 5.95. The van der Waals surface area contributed by atoms with Gasteiger partial charge in [-0.1, -0.05) is 0 Å². The number of carbonyl (C=O) groups excluding carboxylic acids is 1. The summed E-state index contributed by atoms with van der Waals surface area (Å²) in [6.45, 7) is 1.81. The summed E-state index contributed by atoms with van der Waals surface area (Å²) < 4.78 is 49.8. The van der Waals surface area contributed by atoms with Crippen LogP contribution in [0.1, 0.15) is 16.8 Å². The van der Waals surface area contributed by atoms with E-state index in [1.807, 2.05) is 0 Å². The Balaban J connectivity index is 1.44. The summed E-state index contributed by atoms with van der Waals surface area (Å²) in [4.78, 5) is 20.7. The van der Waals surface area contributed by atoms with Crippen molar-refractivity contribution >= 4 is 17.4 Å². The quantitative estimate of drug-likeness (QED) is 0.555. The molecular weight excluding hydrogens is 425 g/mol. The molecule has 11 heteroatoms. The molecule has 0 bridgehead atoms. The standard InChI is InChI=1S/C21H21F3N6O2/c22-13-1-3-25-7-16(13)28-20-15(24)6-14(23)19(29-20)17-8-26-18-5-11(2-4-30(17)18)21(31)27-12-9-32-10-12/h2,4-6,8,12-13,16,25H,1,3,7,9-10H2,(H,27,31)(H,28,29)/t13-,16-/m0/s1. The van der Waals surface area contributed by atoms with Crippen molar-refractivity contribution in [2.45, 2.75) is 24.7 Å². The Hall–Kier alpha value is -3.18. The number of alkyl halides is 1. The van der Waals surface area contributed by atoms with Crippen LogP contribution in [-0.2, 0) is 4.74 Å². The first-order chi connectivity index (χ1) is 15.5. The van der Waals surface area contributed by atoms with Gasteiger partial charge in [-0.25, -0.2) is 23.1 Å². The Morgan fingerprint density at radius 1 is 1.25 bits per heavy atom. The molecule has 0 unspecified atom stereocenters. The van der Waals surface area contributed by atoms with Crippen LogP contribution in [0.25, 0.3) is 17.0 Å². The monoisotopic (exact) mass is 446 g/mol. The van der Waals surface area contributed by atoms with Gasteiger partial charge >= 0.3 is 0 Å². The number of imidazole rings is 1. The van der Waals surface area contributed by atoms with Gasteiger partial charge < -0.3 is 20.7 Å². The molecule has 168 valence electrons. The molecule has 5 heterocycles. The molecule has 2 aliphatic heterocycles. The number of amides is 1. The summed E-state index contributed by atoms with van der Waals surface area (Å²) in [5.74, 6) is -2.27. The van der Waals surface area contributed by atoms with Crippen LogP contribution >= 0.6 is 0 Å². The molecule has 0 saturated carbocycles. The summed E-state index contributed by atoms with van der Waals surface area (Å²) in [6.07, 6.45) is 2.09. The second-order valence-corrected chi connectivity index (χ2v) is 7.90. The summed E-state index contributed by atoms with van der Waals surface area (Å²) in [6, 6.07) is 3.18. The molecule has 2 saturated heterocycles. The zero-order valence-corrected chi connectivity index (χ0v) is 16.9. The van der Waals surface area contributed by atoms with Gasteiger partial charge in [-0.3, -0.25) is 9.20 Å². The van der Waals surface area contributed by atoms with Crippen LogP contribution in [-0.4, -0.2) is 64.8 Å². The molecule has 0 radical (unpaired) electrons. The number of anilines is 1. The average molecular weight is 446 g/mol. The van der Waals surface area contributed by atoms with E-state index in [2.05, 4.69) is 25.9 Å². The van der Waals surface area contributed by atoms with E-state index in [0.717, 1.165) is 6.07 Å². The first-order valence-electron chi connectivity index (χ1n) is 10.3. The number of carbonyl (C=O) groups is 1. The minimum absolute atomic E-state index is 0.0132. The fourth-order valence-electron chi connectivity index (χ4n) is 3.78. The number of piperidine rings is 1. The zero-order valence-electron chi connectivity index (χ0n) is 16.9. The van der Waals surface area contributed by atoms with Crippen molar-refractivity contribution < 1.29 is 22.7 Å². The maximum atomic E-state index is 14.6. The van der Waals surface area contributed by atoms with Crippen molar-refractivity contribution in [3.63, 3.8) is 0 Å². The number of aromatic nitrogens is 3. The number of hydrogen-bond acceptors (Lipinski definition) is 6. The highest BCUT2D eigenvalue weighted by Crippen LogP contribution is 2.27. The fraction of sp³-hybridized carbons (Fsp3) is 0.381. The van der Waals surface area contributed by atoms with Crippen molar-refractivity contribution in [3.8, 4) is 11.4 Å². The number of rotatable bonds is 5. The van der Waals surface area contributed by atoms with Crippen molar-refractivity contribution in [3.05, 3.63) is 47.8 Å². The minimum Gasteiger partial charge on any atom is -0.377 e. The molecule has 32 heavy (non-hydrogen) atoms. The lowest BCUT2D eigenvalue weighted by atomic mass is 10.1. The normalized spacial score (nSPS) is 21.3. The molecule has 0 spiro atoms. The van der Waals surface area contributed by atoms with E-state index < -0.39 is 23.8 Å². The topological polar surface area (TPSA) is 92.6 Å². The number of fused-ring (bicyclic) bond motifs is 1. The van der Waals surface area contributed by atoms with Gasteiger partial charge in [0.25, 0.3) is 5.91 Å². The zero-order chi connectivity index (χ0) is 22.2. The lowest BCUT2D eigenvalue weighted by molar-refractivity contribution is -0.00346. The van der Waals surface area contributed by atoms with E-state index in [0.29, 0.717) is 43.9 Å². The van der Waals surface area contributed by atoms with E-state index in [1.165, 1.54) is 6.20 Å². The van der Waals surface area contributed by atoms with Gasteiger partial charge in [-0.15, -0.1) is 0 Å². The second-order valence-electron chi connectivity index (χ2n) is 7.90. The third-order valence-electron chi connectivity index (χ3n) is 5.64. The summed E-state index contributed by atoms with van der Waals surface area (Å²) >= 11 is 0. The summed E-state index contributed by atoms with van der Waals surface area (Å²) in [5.41, 5.74) is 0.941. The predicted octanol–water partition coefficient (Wildman–Crippen LogP) is 1.91. The SMILES string of the molecule is O=C(NC1COC1)c1ccn2c(-c3nc(N[C@H]4CNCC[C@@H]4F)c(F)cc3F)cnc2c1. The molecule has 2 fully saturated rings. The molecule has 5 rings (SSSR count). The highest BCUT2D eigenvalue weighted by Gasteiger charge is 2.27. The number of pyridine rings is 2. The molecule has 0 aliphatic carbocycles. The van der Waals surface area contributed by atoms with Gasteiger partial charge in [0.1, 0.15) is 17.5 Å². The van der Waals surface area contributed by atoms with E-state index in [1.54, 1.807) is 22.7 Å². The van der Waals surface area contributed by atoms with Gasteiger partial charge in [0, 0.05) is 24.4 Å². The first-order valence-corrected chi connectivity index (χ1v) is 10.3. The van der Waals surface area contributed by atoms with Crippen molar-refractivity contribution in [1.29, 1.82) is 0 Å². The smallest absolute Gasteiger partial charge is 0.251 e. The van der Waals surface area contributed by atoms with Crippen molar-refractivity contribution in [2.75, 3.05) is 31.6 Å². The number of nitrogens with zero attached hydrogens (tertiary/aromatic N) is 3. The summed E-state index contributed by atoms with van der Waals surface area (Å²) in [7, 11) is 0. The van der Waals surface area contributed by atoms with Gasteiger partial charge in [-0.2, -0.15) is 0 Å². The van der Waals surface area contributed by atoms with Crippen LogP contribution < -0.4 is 16.0 Å². The largest absolute Gasteiger partial charge is 0.377 e. The molecule has 2 aliphatic rings. The lowest BCUT2D eigenvalue weighted by Gasteiger charge is -2.28. The molecule has 3 aromatic heterocycles. The minimum atomic E-state index is -1.17. The van der Waals surface area contributed by atoms with Crippen LogP contribution in [0, 0.1) is 11.6 Å². The van der Waals surface area contributed by atoms with Crippen molar-refractivity contribution in [1.82, 2.24) is 25.0 Å². The molecule has 8 nitrogen and oxygen atoms in total.